The van der Waals surface area contributed by atoms with Gasteiger partial charge in [0.25, 0.3) is 0 Å². The molecule has 0 aliphatic rings. The number of carbonyl (C=O) groups is 1. The zero-order chi connectivity index (χ0) is 41.4. The van der Waals surface area contributed by atoms with E-state index in [4.69, 9.17) is 0 Å². The average molecular weight is 804 g/mol. The van der Waals surface area contributed by atoms with Crippen molar-refractivity contribution < 1.29 is 15.0 Å². The summed E-state index contributed by atoms with van der Waals surface area (Å²) in [6, 6.07) is -0.533. The second-order valence-electron chi connectivity index (χ2n) is 18.3. The lowest BCUT2D eigenvalue weighted by Crippen LogP contribution is -2.45. The van der Waals surface area contributed by atoms with Gasteiger partial charge in [-0.05, 0) is 38.5 Å². The number of amides is 1. The maximum absolute atomic E-state index is 12.5. The van der Waals surface area contributed by atoms with Crippen molar-refractivity contribution in [3.63, 3.8) is 0 Å². The number of nitrogens with one attached hydrogen (secondary N) is 1. The van der Waals surface area contributed by atoms with E-state index in [-0.39, 0.29) is 12.5 Å². The Labute approximate surface area is 358 Å². The molecule has 2 atom stereocenters. The summed E-state index contributed by atoms with van der Waals surface area (Å²) in [5.41, 5.74) is 0. The molecule has 57 heavy (non-hydrogen) atoms. The number of hydrogen-bond acceptors (Lipinski definition) is 3. The summed E-state index contributed by atoms with van der Waals surface area (Å²) in [6.07, 6.45) is 63.2. The van der Waals surface area contributed by atoms with Crippen LogP contribution in [0.4, 0.5) is 0 Å². The number of carbonyl (C=O) groups excluding carboxylic acids is 1. The van der Waals surface area contributed by atoms with Crippen molar-refractivity contribution in [2.75, 3.05) is 6.61 Å². The van der Waals surface area contributed by atoms with E-state index in [1.165, 1.54) is 250 Å². The fourth-order valence-electron chi connectivity index (χ4n) is 8.48. The van der Waals surface area contributed by atoms with Crippen molar-refractivity contribution in [2.24, 2.45) is 0 Å². The lowest BCUT2D eigenvalue weighted by atomic mass is 10.0. The molecule has 0 aliphatic heterocycles. The normalized spacial score (nSPS) is 12.8. The van der Waals surface area contributed by atoms with Crippen LogP contribution in [0.25, 0.3) is 0 Å². The van der Waals surface area contributed by atoms with Crippen molar-refractivity contribution >= 4 is 5.91 Å². The van der Waals surface area contributed by atoms with Gasteiger partial charge in [-0.25, -0.2) is 0 Å². The summed E-state index contributed by atoms with van der Waals surface area (Å²) in [6.45, 7) is 4.39. The Balaban J connectivity index is 3.43. The van der Waals surface area contributed by atoms with Crippen molar-refractivity contribution in [1.82, 2.24) is 5.32 Å². The fourth-order valence-corrected chi connectivity index (χ4v) is 8.48. The van der Waals surface area contributed by atoms with Crippen LogP contribution in [0.3, 0.4) is 0 Å². The number of aliphatic hydroxyl groups is 2. The van der Waals surface area contributed by atoms with Gasteiger partial charge in [-0.2, -0.15) is 0 Å². The third kappa shape index (κ3) is 46.1. The SMILES string of the molecule is CCCCCCCCCC/C=C\CCCCCCCCCCCCCCCCCC(=O)NC(CO)C(O)CCCCCCCCCCCCCCCCCCCC. The highest BCUT2D eigenvalue weighted by atomic mass is 16.3. The van der Waals surface area contributed by atoms with Gasteiger partial charge in [0.15, 0.2) is 0 Å². The summed E-state index contributed by atoms with van der Waals surface area (Å²) in [7, 11) is 0. The predicted octanol–water partition coefficient (Wildman–Crippen LogP) is 17.0. The molecular weight excluding hydrogens is 699 g/mol. The number of unbranched alkanes of at least 4 members (excludes halogenated alkanes) is 40. The maximum Gasteiger partial charge on any atom is 0.220 e. The van der Waals surface area contributed by atoms with E-state index in [1.807, 2.05) is 0 Å². The molecule has 0 aliphatic carbocycles. The topological polar surface area (TPSA) is 69.6 Å². The predicted molar refractivity (Wildman–Crippen MR) is 253 cm³/mol. The van der Waals surface area contributed by atoms with Crippen LogP contribution in [0.5, 0.6) is 0 Å². The third-order valence-corrected chi connectivity index (χ3v) is 12.5. The highest BCUT2D eigenvalue weighted by Gasteiger charge is 2.20. The Hall–Kier alpha value is -0.870. The molecule has 3 N–H and O–H groups in total. The summed E-state index contributed by atoms with van der Waals surface area (Å²) < 4.78 is 0. The van der Waals surface area contributed by atoms with Gasteiger partial charge in [0, 0.05) is 6.42 Å². The Morgan fingerprint density at radius 3 is 0.965 bits per heavy atom. The maximum atomic E-state index is 12.5. The van der Waals surface area contributed by atoms with Crippen LogP contribution < -0.4 is 5.32 Å². The largest absolute Gasteiger partial charge is 0.394 e. The van der Waals surface area contributed by atoms with Crippen molar-refractivity contribution in [3.05, 3.63) is 12.2 Å². The van der Waals surface area contributed by atoms with Gasteiger partial charge in [0.05, 0.1) is 18.8 Å². The average Bonchev–Trinajstić information content (AvgIpc) is 3.22. The molecule has 0 aromatic heterocycles. The van der Waals surface area contributed by atoms with Gasteiger partial charge in [0.2, 0.25) is 5.91 Å². The molecule has 340 valence electrons. The van der Waals surface area contributed by atoms with Crippen LogP contribution in [0.2, 0.25) is 0 Å². The van der Waals surface area contributed by atoms with Crippen molar-refractivity contribution in [1.29, 1.82) is 0 Å². The molecule has 4 nitrogen and oxygen atoms in total. The summed E-state index contributed by atoms with van der Waals surface area (Å²) in [5, 5.41) is 23.3. The van der Waals surface area contributed by atoms with Crippen LogP contribution in [0, 0.1) is 0 Å². The van der Waals surface area contributed by atoms with Crippen LogP contribution in [0.1, 0.15) is 303 Å². The highest BCUT2D eigenvalue weighted by Crippen LogP contribution is 2.17. The zero-order valence-electron chi connectivity index (χ0n) is 39.1. The standard InChI is InChI=1S/C53H105NO3/c1-3-5-7-9-11-13-15-17-19-21-23-24-25-26-27-28-29-30-31-33-35-37-39-41-43-45-47-49-53(57)54-51(50-55)52(56)48-46-44-42-40-38-36-34-32-22-20-18-16-14-12-10-8-6-4-2/h21,23,51-52,55-56H,3-20,22,24-50H2,1-2H3,(H,54,57)/b23-21-. The number of hydrogen-bond donors (Lipinski definition) is 3. The monoisotopic (exact) mass is 804 g/mol. The number of allylic oxidation sites excluding steroid dienone is 2. The summed E-state index contributed by atoms with van der Waals surface area (Å²) >= 11 is 0. The molecule has 0 aromatic rings. The van der Waals surface area contributed by atoms with Gasteiger partial charge >= 0.3 is 0 Å². The summed E-state index contributed by atoms with van der Waals surface area (Å²) in [4.78, 5) is 12.5. The molecule has 0 aromatic carbocycles. The Kier molecular flexibility index (Phi) is 48.7. The van der Waals surface area contributed by atoms with Gasteiger partial charge < -0.3 is 15.5 Å². The van der Waals surface area contributed by atoms with E-state index in [1.54, 1.807) is 0 Å². The molecule has 0 fully saturated rings. The zero-order valence-corrected chi connectivity index (χ0v) is 39.1. The molecule has 0 rings (SSSR count). The molecule has 0 radical (unpaired) electrons. The minimum absolute atomic E-state index is 0.0253. The fraction of sp³-hybridized carbons (Fsp3) is 0.943. The molecule has 2 unspecified atom stereocenters. The smallest absolute Gasteiger partial charge is 0.220 e. The first-order valence-corrected chi connectivity index (χ1v) is 26.4. The molecule has 1 amide bonds. The van der Waals surface area contributed by atoms with Crippen LogP contribution in [0.15, 0.2) is 12.2 Å². The first kappa shape index (κ1) is 56.1. The lowest BCUT2D eigenvalue weighted by molar-refractivity contribution is -0.123. The van der Waals surface area contributed by atoms with Gasteiger partial charge in [-0.3, -0.25) is 4.79 Å². The first-order chi connectivity index (χ1) is 28.2. The van der Waals surface area contributed by atoms with Gasteiger partial charge in [0.1, 0.15) is 0 Å². The first-order valence-electron chi connectivity index (χ1n) is 26.4. The Morgan fingerprint density at radius 1 is 0.404 bits per heavy atom. The van der Waals surface area contributed by atoms with Crippen LogP contribution >= 0.6 is 0 Å². The molecule has 0 bridgehead atoms. The van der Waals surface area contributed by atoms with Crippen molar-refractivity contribution in [2.45, 2.75) is 315 Å². The van der Waals surface area contributed by atoms with E-state index in [0.717, 1.165) is 25.7 Å². The van der Waals surface area contributed by atoms with E-state index < -0.39 is 12.1 Å². The van der Waals surface area contributed by atoms with Crippen LogP contribution in [-0.2, 0) is 4.79 Å². The Bertz CT molecular complexity index is 784. The highest BCUT2D eigenvalue weighted by molar-refractivity contribution is 5.76. The van der Waals surface area contributed by atoms with Crippen LogP contribution in [-0.4, -0.2) is 34.9 Å². The lowest BCUT2D eigenvalue weighted by Gasteiger charge is -2.22. The molecule has 0 saturated heterocycles. The minimum Gasteiger partial charge on any atom is -0.394 e. The quantitative estimate of drug-likeness (QED) is 0.0424. The molecule has 0 spiro atoms. The summed E-state index contributed by atoms with van der Waals surface area (Å²) in [5.74, 6) is -0.0253. The van der Waals surface area contributed by atoms with E-state index in [2.05, 4.69) is 31.3 Å². The van der Waals surface area contributed by atoms with Crippen molar-refractivity contribution in [3.8, 4) is 0 Å². The Morgan fingerprint density at radius 2 is 0.667 bits per heavy atom. The molecular formula is C53H105NO3. The van der Waals surface area contributed by atoms with E-state index in [9.17, 15) is 15.0 Å². The number of rotatable bonds is 49. The second-order valence-corrected chi connectivity index (χ2v) is 18.3. The van der Waals surface area contributed by atoms with Gasteiger partial charge in [-0.15, -0.1) is 0 Å². The second kappa shape index (κ2) is 49.5. The number of aliphatic hydroxyl groups excluding tert-OH is 2. The molecule has 4 heteroatoms. The third-order valence-electron chi connectivity index (χ3n) is 12.5. The van der Waals surface area contributed by atoms with E-state index >= 15 is 0 Å². The minimum atomic E-state index is -0.656. The van der Waals surface area contributed by atoms with Gasteiger partial charge in [-0.1, -0.05) is 270 Å². The molecule has 0 heterocycles. The molecule has 0 saturated carbocycles. The van der Waals surface area contributed by atoms with E-state index in [0.29, 0.717) is 12.8 Å².